The fraction of sp³-hybridized carbons (Fsp3) is 0.273. The first-order chi connectivity index (χ1) is 14.2. The van der Waals surface area contributed by atoms with Crippen LogP contribution in [0, 0.1) is 0 Å². The first-order valence-electron chi connectivity index (χ1n) is 9.91. The maximum atomic E-state index is 12.9. The Morgan fingerprint density at radius 1 is 1.03 bits per heavy atom. The Bertz CT molecular complexity index is 1230. The van der Waals surface area contributed by atoms with Crippen molar-refractivity contribution in [1.82, 2.24) is 24.8 Å². The van der Waals surface area contributed by atoms with Crippen LogP contribution in [0.15, 0.2) is 53.3 Å². The van der Waals surface area contributed by atoms with Gasteiger partial charge in [0, 0.05) is 19.4 Å². The summed E-state index contributed by atoms with van der Waals surface area (Å²) in [6.07, 6.45) is 2.56. The second kappa shape index (κ2) is 7.16. The van der Waals surface area contributed by atoms with Gasteiger partial charge in [0.2, 0.25) is 5.91 Å². The molecule has 29 heavy (non-hydrogen) atoms. The van der Waals surface area contributed by atoms with Gasteiger partial charge in [0.25, 0.3) is 5.56 Å². The summed E-state index contributed by atoms with van der Waals surface area (Å²) in [4.78, 5) is 42.4. The van der Waals surface area contributed by atoms with Gasteiger partial charge in [0.1, 0.15) is 11.6 Å². The molecule has 7 heteroatoms. The number of benzene rings is 2. The molecule has 1 aliphatic heterocycles. The molecule has 2 aromatic heterocycles. The Balaban J connectivity index is 1.33. The molecule has 1 aliphatic rings. The van der Waals surface area contributed by atoms with Crippen molar-refractivity contribution in [3.63, 3.8) is 0 Å². The first-order valence-corrected chi connectivity index (χ1v) is 9.91. The summed E-state index contributed by atoms with van der Waals surface area (Å²) in [5.41, 5.74) is 2.39. The SMILES string of the molecule is O=C(CCc1nc2ccccc2c(=O)[nH]1)N1CCCC1c1nc2ccccc2[nH]1. The fourth-order valence-electron chi connectivity index (χ4n) is 4.10. The van der Waals surface area contributed by atoms with E-state index in [1.807, 2.05) is 47.4 Å². The van der Waals surface area contributed by atoms with Crippen LogP contribution in [-0.2, 0) is 11.2 Å². The lowest BCUT2D eigenvalue weighted by molar-refractivity contribution is -0.132. The molecule has 7 nitrogen and oxygen atoms in total. The monoisotopic (exact) mass is 387 g/mol. The summed E-state index contributed by atoms with van der Waals surface area (Å²) in [7, 11) is 0. The van der Waals surface area contributed by atoms with Crippen molar-refractivity contribution in [2.24, 2.45) is 0 Å². The standard InChI is InChI=1S/C22H21N5O2/c28-20(12-11-19-23-15-7-2-1-6-14(15)22(29)26-19)27-13-5-10-18(27)21-24-16-8-3-4-9-17(16)25-21/h1-4,6-9,18H,5,10-13H2,(H,24,25)(H,23,26,29). The minimum absolute atomic E-state index is 0.0292. The number of hydrogen-bond donors (Lipinski definition) is 2. The number of amides is 1. The maximum Gasteiger partial charge on any atom is 0.258 e. The minimum atomic E-state index is -0.167. The van der Waals surface area contributed by atoms with Gasteiger partial charge < -0.3 is 14.9 Å². The van der Waals surface area contributed by atoms with E-state index in [0.29, 0.717) is 29.6 Å². The third-order valence-electron chi connectivity index (χ3n) is 5.53. The lowest BCUT2D eigenvalue weighted by atomic mass is 10.2. The number of aromatic amines is 2. The Morgan fingerprint density at radius 3 is 2.69 bits per heavy atom. The molecule has 2 N–H and O–H groups in total. The van der Waals surface area contributed by atoms with E-state index in [4.69, 9.17) is 0 Å². The molecule has 1 unspecified atom stereocenters. The van der Waals surface area contributed by atoms with Gasteiger partial charge in [-0.15, -0.1) is 0 Å². The van der Waals surface area contributed by atoms with E-state index in [2.05, 4.69) is 19.9 Å². The van der Waals surface area contributed by atoms with E-state index < -0.39 is 0 Å². The zero-order chi connectivity index (χ0) is 19.8. The molecule has 0 spiro atoms. The maximum absolute atomic E-state index is 12.9. The van der Waals surface area contributed by atoms with E-state index in [1.165, 1.54) is 0 Å². The lowest BCUT2D eigenvalue weighted by Crippen LogP contribution is -2.31. The average molecular weight is 387 g/mol. The molecule has 0 bridgehead atoms. The number of likely N-dealkylation sites (tertiary alicyclic amines) is 1. The number of rotatable bonds is 4. The summed E-state index contributed by atoms with van der Waals surface area (Å²) in [5.74, 6) is 1.44. The largest absolute Gasteiger partial charge is 0.340 e. The van der Waals surface area contributed by atoms with Crippen molar-refractivity contribution >= 4 is 27.8 Å². The zero-order valence-corrected chi connectivity index (χ0v) is 15.9. The molecule has 3 heterocycles. The van der Waals surface area contributed by atoms with E-state index in [-0.39, 0.29) is 17.5 Å². The van der Waals surface area contributed by atoms with Crippen LogP contribution < -0.4 is 5.56 Å². The first kappa shape index (κ1) is 17.6. The van der Waals surface area contributed by atoms with Crippen LogP contribution in [0.4, 0.5) is 0 Å². The quantitative estimate of drug-likeness (QED) is 0.563. The highest BCUT2D eigenvalue weighted by Gasteiger charge is 2.31. The van der Waals surface area contributed by atoms with Gasteiger partial charge in [-0.2, -0.15) is 0 Å². The third kappa shape index (κ3) is 3.29. The van der Waals surface area contributed by atoms with Crippen molar-refractivity contribution in [2.75, 3.05) is 6.54 Å². The van der Waals surface area contributed by atoms with Crippen LogP contribution in [0.5, 0.6) is 0 Å². The third-order valence-corrected chi connectivity index (χ3v) is 5.53. The van der Waals surface area contributed by atoms with Crippen LogP contribution in [0.1, 0.15) is 37.0 Å². The number of nitrogens with one attached hydrogen (secondary N) is 2. The minimum Gasteiger partial charge on any atom is -0.340 e. The molecule has 146 valence electrons. The van der Waals surface area contributed by atoms with Crippen molar-refractivity contribution in [3.8, 4) is 0 Å². The number of fused-ring (bicyclic) bond motifs is 2. The van der Waals surface area contributed by atoms with Crippen molar-refractivity contribution in [3.05, 3.63) is 70.5 Å². The number of carbonyl (C=O) groups is 1. The van der Waals surface area contributed by atoms with Crippen LogP contribution in [-0.4, -0.2) is 37.3 Å². The Labute approximate surface area is 166 Å². The Hall–Kier alpha value is -3.48. The number of imidazole rings is 1. The number of carbonyl (C=O) groups excluding carboxylic acids is 1. The second-order valence-electron chi connectivity index (χ2n) is 7.41. The molecule has 0 radical (unpaired) electrons. The second-order valence-corrected chi connectivity index (χ2v) is 7.41. The average Bonchev–Trinajstić information content (AvgIpc) is 3.38. The molecule has 5 rings (SSSR count). The van der Waals surface area contributed by atoms with E-state index >= 15 is 0 Å². The van der Waals surface area contributed by atoms with Crippen molar-refractivity contribution in [2.45, 2.75) is 31.7 Å². The van der Waals surface area contributed by atoms with Gasteiger partial charge in [-0.3, -0.25) is 9.59 Å². The van der Waals surface area contributed by atoms with Crippen LogP contribution >= 0.6 is 0 Å². The molecule has 1 fully saturated rings. The smallest absolute Gasteiger partial charge is 0.258 e. The highest BCUT2D eigenvalue weighted by molar-refractivity contribution is 5.79. The van der Waals surface area contributed by atoms with Crippen molar-refractivity contribution in [1.29, 1.82) is 0 Å². The molecule has 2 aromatic carbocycles. The molecule has 0 saturated carbocycles. The molecule has 1 atom stereocenters. The molecule has 4 aromatic rings. The summed E-state index contributed by atoms with van der Waals surface area (Å²) in [5, 5.41) is 0.562. The lowest BCUT2D eigenvalue weighted by Gasteiger charge is -2.23. The summed E-state index contributed by atoms with van der Waals surface area (Å²) >= 11 is 0. The van der Waals surface area contributed by atoms with Gasteiger partial charge in [0.05, 0.1) is 28.0 Å². The highest BCUT2D eigenvalue weighted by Crippen LogP contribution is 2.32. The normalized spacial score (nSPS) is 16.7. The van der Waals surface area contributed by atoms with E-state index in [1.54, 1.807) is 6.07 Å². The number of aryl methyl sites for hydroxylation is 1. The van der Waals surface area contributed by atoms with Crippen LogP contribution in [0.2, 0.25) is 0 Å². The highest BCUT2D eigenvalue weighted by atomic mass is 16.2. The predicted octanol–water partition coefficient (Wildman–Crippen LogP) is 3.10. The fourth-order valence-corrected chi connectivity index (χ4v) is 4.10. The molecule has 1 saturated heterocycles. The number of hydrogen-bond acceptors (Lipinski definition) is 4. The Kier molecular flexibility index (Phi) is 4.35. The number of H-pyrrole nitrogens is 2. The van der Waals surface area contributed by atoms with E-state index in [0.717, 1.165) is 36.2 Å². The number of para-hydroxylation sites is 3. The van der Waals surface area contributed by atoms with Gasteiger partial charge in [0.15, 0.2) is 0 Å². The van der Waals surface area contributed by atoms with Gasteiger partial charge in [-0.05, 0) is 37.1 Å². The predicted molar refractivity (Wildman–Crippen MR) is 110 cm³/mol. The van der Waals surface area contributed by atoms with Crippen molar-refractivity contribution < 1.29 is 4.79 Å². The number of aromatic nitrogens is 4. The summed E-state index contributed by atoms with van der Waals surface area (Å²) in [6, 6.07) is 15.1. The molecular formula is C22H21N5O2. The van der Waals surface area contributed by atoms with Crippen LogP contribution in [0.3, 0.4) is 0 Å². The van der Waals surface area contributed by atoms with Gasteiger partial charge in [-0.25, -0.2) is 9.97 Å². The van der Waals surface area contributed by atoms with Gasteiger partial charge >= 0.3 is 0 Å². The number of nitrogens with zero attached hydrogens (tertiary/aromatic N) is 3. The van der Waals surface area contributed by atoms with E-state index in [9.17, 15) is 9.59 Å². The van der Waals surface area contributed by atoms with Gasteiger partial charge in [-0.1, -0.05) is 24.3 Å². The topological polar surface area (TPSA) is 94.7 Å². The Morgan fingerprint density at radius 2 is 1.83 bits per heavy atom. The summed E-state index contributed by atoms with van der Waals surface area (Å²) < 4.78 is 0. The summed E-state index contributed by atoms with van der Waals surface area (Å²) in [6.45, 7) is 0.724. The molecule has 1 amide bonds. The van der Waals surface area contributed by atoms with Crippen LogP contribution in [0.25, 0.3) is 21.9 Å². The molecular weight excluding hydrogens is 366 g/mol. The molecule has 0 aliphatic carbocycles. The zero-order valence-electron chi connectivity index (χ0n) is 15.9.